The van der Waals surface area contributed by atoms with Crippen LogP contribution in [0.3, 0.4) is 0 Å². The number of ether oxygens (including phenoxy) is 2. The van der Waals surface area contributed by atoms with E-state index in [-0.39, 0.29) is 31.0 Å². The second-order valence-corrected chi connectivity index (χ2v) is 11.6. The molecule has 0 heterocycles. The highest BCUT2D eigenvalue weighted by Crippen LogP contribution is 2.35. The van der Waals surface area contributed by atoms with Crippen LogP contribution in [0.25, 0.3) is 10.4 Å². The molecule has 0 aromatic heterocycles. The Hall–Kier alpha value is -2.80. The summed E-state index contributed by atoms with van der Waals surface area (Å²) in [6, 6.07) is 16.8. The van der Waals surface area contributed by atoms with E-state index in [0.717, 1.165) is 29.5 Å². The highest BCUT2D eigenvalue weighted by Gasteiger charge is 2.36. The summed E-state index contributed by atoms with van der Waals surface area (Å²) in [4.78, 5) is 18.6. The molecular formula is C30H30Cl4N4O3. The van der Waals surface area contributed by atoms with Crippen LogP contribution in [0.4, 0.5) is 0 Å². The number of halogens is 4. The summed E-state index contributed by atoms with van der Waals surface area (Å²) in [5.41, 5.74) is 11.5. The quantitative estimate of drug-likeness (QED) is 0.0766. The van der Waals surface area contributed by atoms with Crippen molar-refractivity contribution in [2.45, 2.75) is 45.2 Å². The monoisotopic (exact) mass is 634 g/mol. The number of rotatable bonds is 14. The van der Waals surface area contributed by atoms with Crippen molar-refractivity contribution < 1.29 is 14.3 Å². The van der Waals surface area contributed by atoms with E-state index >= 15 is 0 Å². The molecule has 1 aliphatic rings. The minimum absolute atomic E-state index is 0.0163. The first kappa shape index (κ1) is 31.1. The van der Waals surface area contributed by atoms with Gasteiger partial charge in [0.2, 0.25) is 5.91 Å². The van der Waals surface area contributed by atoms with Crippen LogP contribution in [0.5, 0.6) is 11.5 Å². The standard InChI is InChI=1S/C30H30Cl4N4O3/c1-19-15-26(32)29(27(33)16-19)41-14-13-40-24-9-5-20(6-10-24)17-21(11-12-36-37-35)30(39)38(23-7-8-23)18-22-3-2-4-25(31)28(22)34/h2-6,9-10,15-16,21,23H,7-8,11-14,17-18H2,1H3. The molecule has 3 aromatic carbocycles. The first-order valence-corrected chi connectivity index (χ1v) is 14.8. The molecule has 1 aliphatic carbocycles. The molecule has 11 heteroatoms. The molecule has 41 heavy (non-hydrogen) atoms. The van der Waals surface area contributed by atoms with Crippen LogP contribution in [0.15, 0.2) is 59.7 Å². The number of azide groups is 1. The molecule has 3 aromatic rings. The number of benzene rings is 3. The van der Waals surface area contributed by atoms with Gasteiger partial charge in [-0.15, -0.1) is 0 Å². The van der Waals surface area contributed by atoms with Gasteiger partial charge in [-0.25, -0.2) is 0 Å². The molecule has 4 rings (SSSR count). The van der Waals surface area contributed by atoms with Gasteiger partial charge in [-0.3, -0.25) is 4.79 Å². The lowest BCUT2D eigenvalue weighted by molar-refractivity contribution is -0.137. The fourth-order valence-electron chi connectivity index (χ4n) is 4.57. The Bertz CT molecular complexity index is 1390. The highest BCUT2D eigenvalue weighted by molar-refractivity contribution is 6.42. The maximum Gasteiger partial charge on any atom is 0.226 e. The summed E-state index contributed by atoms with van der Waals surface area (Å²) in [6.45, 7) is 3.10. The van der Waals surface area contributed by atoms with Gasteiger partial charge in [-0.2, -0.15) is 0 Å². The molecule has 0 bridgehead atoms. The van der Waals surface area contributed by atoms with Crippen molar-refractivity contribution in [3.63, 3.8) is 0 Å². The molecular weight excluding hydrogens is 606 g/mol. The average Bonchev–Trinajstić information content (AvgIpc) is 3.78. The summed E-state index contributed by atoms with van der Waals surface area (Å²) in [5.74, 6) is 0.767. The normalized spacial score (nSPS) is 13.3. The van der Waals surface area contributed by atoms with Crippen LogP contribution in [0, 0.1) is 12.8 Å². The van der Waals surface area contributed by atoms with Gasteiger partial charge in [0.15, 0.2) is 5.75 Å². The van der Waals surface area contributed by atoms with E-state index in [0.29, 0.717) is 57.6 Å². The van der Waals surface area contributed by atoms with Crippen molar-refractivity contribution >= 4 is 52.3 Å². The highest BCUT2D eigenvalue weighted by atomic mass is 35.5. The summed E-state index contributed by atoms with van der Waals surface area (Å²) in [5, 5.41) is 5.52. The van der Waals surface area contributed by atoms with Gasteiger partial charge in [0.25, 0.3) is 0 Å². The molecule has 0 spiro atoms. The van der Waals surface area contributed by atoms with E-state index in [1.165, 1.54) is 0 Å². The minimum atomic E-state index is -0.358. The van der Waals surface area contributed by atoms with E-state index in [9.17, 15) is 4.79 Å². The molecule has 0 radical (unpaired) electrons. The van der Waals surface area contributed by atoms with E-state index < -0.39 is 0 Å². The predicted octanol–water partition coefficient (Wildman–Crippen LogP) is 9.12. The van der Waals surface area contributed by atoms with E-state index in [2.05, 4.69) is 10.0 Å². The number of amides is 1. The third-order valence-corrected chi connectivity index (χ3v) is 8.20. The minimum Gasteiger partial charge on any atom is -0.490 e. The number of carbonyl (C=O) groups is 1. The average molecular weight is 636 g/mol. The summed E-state index contributed by atoms with van der Waals surface area (Å²) in [6.07, 6.45) is 2.84. The van der Waals surface area contributed by atoms with E-state index in [1.807, 2.05) is 48.2 Å². The molecule has 216 valence electrons. The third-order valence-electron chi connectivity index (χ3n) is 6.78. The molecule has 0 saturated heterocycles. The zero-order valence-corrected chi connectivity index (χ0v) is 25.6. The van der Waals surface area contributed by atoms with Gasteiger partial charge >= 0.3 is 0 Å². The summed E-state index contributed by atoms with van der Waals surface area (Å²) in [7, 11) is 0. The molecule has 0 aliphatic heterocycles. The van der Waals surface area contributed by atoms with Crippen molar-refractivity contribution in [1.29, 1.82) is 0 Å². The van der Waals surface area contributed by atoms with Crippen molar-refractivity contribution in [3.05, 3.63) is 102 Å². The van der Waals surface area contributed by atoms with Gasteiger partial charge < -0.3 is 14.4 Å². The van der Waals surface area contributed by atoms with Crippen molar-refractivity contribution in [1.82, 2.24) is 4.90 Å². The topological polar surface area (TPSA) is 87.5 Å². The van der Waals surface area contributed by atoms with Crippen LogP contribution in [0.2, 0.25) is 20.1 Å². The SMILES string of the molecule is Cc1cc(Cl)c(OCCOc2ccc(CC(CCN=[N+]=[N-])C(=O)N(Cc3cccc(Cl)c3Cl)C3CC3)cc2)c(Cl)c1. The predicted molar refractivity (Wildman–Crippen MR) is 164 cm³/mol. The number of aryl methyl sites for hydroxylation is 1. The number of hydrogen-bond donors (Lipinski definition) is 0. The second kappa shape index (κ2) is 14.9. The third kappa shape index (κ3) is 8.84. The lowest BCUT2D eigenvalue weighted by atomic mass is 9.94. The largest absolute Gasteiger partial charge is 0.490 e. The molecule has 7 nitrogen and oxygen atoms in total. The molecule has 1 amide bonds. The maximum absolute atomic E-state index is 13.8. The number of hydrogen-bond acceptors (Lipinski definition) is 4. The Morgan fingerprint density at radius 2 is 1.71 bits per heavy atom. The first-order chi connectivity index (χ1) is 19.8. The van der Waals surface area contributed by atoms with Crippen molar-refractivity contribution in [2.24, 2.45) is 11.0 Å². The van der Waals surface area contributed by atoms with Crippen LogP contribution in [-0.2, 0) is 17.8 Å². The summed E-state index contributed by atoms with van der Waals surface area (Å²) >= 11 is 25.1. The molecule has 0 N–H and O–H groups in total. The first-order valence-electron chi connectivity index (χ1n) is 13.3. The Morgan fingerprint density at radius 3 is 2.37 bits per heavy atom. The van der Waals surface area contributed by atoms with Crippen LogP contribution < -0.4 is 9.47 Å². The van der Waals surface area contributed by atoms with Gasteiger partial charge in [-0.05, 0) is 85.2 Å². The number of carbonyl (C=O) groups excluding carboxylic acids is 1. The lowest BCUT2D eigenvalue weighted by Crippen LogP contribution is -2.38. The van der Waals surface area contributed by atoms with Gasteiger partial charge in [0, 0.05) is 30.0 Å². The molecule has 1 fully saturated rings. The van der Waals surface area contributed by atoms with Crippen molar-refractivity contribution in [3.8, 4) is 11.5 Å². The van der Waals surface area contributed by atoms with Crippen molar-refractivity contribution in [2.75, 3.05) is 19.8 Å². The fourth-order valence-corrected chi connectivity index (χ4v) is 5.65. The van der Waals surface area contributed by atoms with Gasteiger partial charge in [0.05, 0.1) is 20.1 Å². The van der Waals surface area contributed by atoms with Crippen LogP contribution >= 0.6 is 46.4 Å². The van der Waals surface area contributed by atoms with Gasteiger partial charge in [-0.1, -0.05) is 75.8 Å². The Balaban J connectivity index is 1.37. The fraction of sp³-hybridized carbons (Fsp3) is 0.367. The van der Waals surface area contributed by atoms with Crippen LogP contribution in [-0.4, -0.2) is 36.6 Å². The summed E-state index contributed by atoms with van der Waals surface area (Å²) < 4.78 is 11.5. The zero-order valence-electron chi connectivity index (χ0n) is 22.5. The zero-order chi connectivity index (χ0) is 29.4. The molecule has 1 saturated carbocycles. The molecule has 1 atom stereocenters. The van der Waals surface area contributed by atoms with Gasteiger partial charge in [0.1, 0.15) is 19.0 Å². The Morgan fingerprint density at radius 1 is 1.02 bits per heavy atom. The van der Waals surface area contributed by atoms with E-state index in [4.69, 9.17) is 61.4 Å². The smallest absolute Gasteiger partial charge is 0.226 e. The lowest BCUT2D eigenvalue weighted by Gasteiger charge is -2.28. The van der Waals surface area contributed by atoms with E-state index in [1.54, 1.807) is 18.2 Å². The maximum atomic E-state index is 13.8. The Labute approximate surface area is 259 Å². The number of nitrogens with zero attached hydrogens (tertiary/aromatic N) is 4. The molecule has 1 unspecified atom stereocenters. The second-order valence-electron chi connectivity index (χ2n) is 9.95. The Kier molecular flexibility index (Phi) is 11.3. The van der Waals surface area contributed by atoms with Crippen LogP contribution in [0.1, 0.15) is 36.0 Å².